The number of hydrogen-bond acceptors (Lipinski definition) is 3. The molecule has 1 atom stereocenters. The van der Waals surface area contributed by atoms with Crippen LogP contribution in [0, 0.1) is 0 Å². The van der Waals surface area contributed by atoms with Gasteiger partial charge in [-0.1, -0.05) is 23.8 Å². The second-order valence-electron chi connectivity index (χ2n) is 3.56. The van der Waals surface area contributed by atoms with Gasteiger partial charge in [-0.05, 0) is 24.3 Å². The lowest BCUT2D eigenvalue weighted by Gasteiger charge is -2.02. The first-order chi connectivity index (χ1) is 8.70. The van der Waals surface area contributed by atoms with E-state index in [0.29, 0.717) is 10.7 Å². The summed E-state index contributed by atoms with van der Waals surface area (Å²) in [5, 5.41) is 17.9. The molecule has 0 heterocycles. The maximum Gasteiger partial charge on any atom is 0.322 e. The van der Waals surface area contributed by atoms with E-state index in [-0.39, 0.29) is 11.4 Å². The largest absolute Gasteiger partial charge is 0.506 e. The van der Waals surface area contributed by atoms with E-state index in [4.69, 9.17) is 17.1 Å². The van der Waals surface area contributed by atoms with E-state index in [9.17, 15) is 5.11 Å². The summed E-state index contributed by atoms with van der Waals surface area (Å²) in [6.45, 7) is 0. The van der Waals surface area contributed by atoms with Gasteiger partial charge in [0, 0.05) is 11.1 Å². The number of allylic oxidation sites excluding steroid dienone is 2. The molecule has 1 aliphatic rings. The highest BCUT2D eigenvalue weighted by Gasteiger charge is 2.19. The molecule has 1 N–H and O–H groups in total. The summed E-state index contributed by atoms with van der Waals surface area (Å²) in [5.41, 5.74) is 9.43. The highest BCUT2D eigenvalue weighted by molar-refractivity contribution is 6.30. The van der Waals surface area contributed by atoms with Crippen molar-refractivity contribution in [2.75, 3.05) is 0 Å². The van der Waals surface area contributed by atoms with Gasteiger partial charge in [-0.3, -0.25) is 0 Å². The SMILES string of the molecule is [N-]=[N+]=C1C=CC=CC1N=Nc1cc(Cl)ccc1O. The van der Waals surface area contributed by atoms with Crippen molar-refractivity contribution in [3.63, 3.8) is 0 Å². The van der Waals surface area contributed by atoms with Gasteiger partial charge in [-0.15, -0.1) is 0 Å². The van der Waals surface area contributed by atoms with E-state index in [1.807, 2.05) is 0 Å². The molecule has 1 aromatic rings. The zero-order valence-electron chi connectivity index (χ0n) is 9.23. The predicted molar refractivity (Wildman–Crippen MR) is 68.3 cm³/mol. The number of aromatic hydroxyl groups is 1. The van der Waals surface area contributed by atoms with Crippen LogP contribution in [-0.2, 0) is 0 Å². The van der Waals surface area contributed by atoms with Gasteiger partial charge >= 0.3 is 5.71 Å². The molecular weight excluding hydrogens is 252 g/mol. The fraction of sp³-hybridized carbons (Fsp3) is 0.0833. The number of azo groups is 1. The van der Waals surface area contributed by atoms with Crippen molar-refractivity contribution < 1.29 is 9.90 Å². The molecule has 0 saturated carbocycles. The van der Waals surface area contributed by atoms with Crippen LogP contribution in [0.25, 0.3) is 5.53 Å². The lowest BCUT2D eigenvalue weighted by molar-refractivity contribution is -0.00673. The Bertz CT molecular complexity index is 600. The Labute approximate surface area is 108 Å². The van der Waals surface area contributed by atoms with Crippen molar-refractivity contribution in [2.24, 2.45) is 10.2 Å². The van der Waals surface area contributed by atoms with E-state index in [2.05, 4.69) is 15.0 Å². The van der Waals surface area contributed by atoms with Crippen molar-refractivity contribution in [3.8, 4) is 5.75 Å². The molecule has 0 bridgehead atoms. The monoisotopic (exact) mass is 260 g/mol. The molecule has 90 valence electrons. The molecule has 0 amide bonds. The summed E-state index contributed by atoms with van der Waals surface area (Å²) in [7, 11) is 0. The van der Waals surface area contributed by atoms with Crippen LogP contribution in [0.5, 0.6) is 5.75 Å². The van der Waals surface area contributed by atoms with Crippen LogP contribution in [0.3, 0.4) is 0 Å². The third kappa shape index (κ3) is 2.71. The number of rotatable bonds is 2. The number of hydrogen-bond donors (Lipinski definition) is 1. The molecule has 18 heavy (non-hydrogen) atoms. The molecule has 0 aromatic heterocycles. The molecule has 2 rings (SSSR count). The summed E-state index contributed by atoms with van der Waals surface area (Å²) in [6.07, 6.45) is 6.86. The van der Waals surface area contributed by atoms with E-state index in [0.717, 1.165) is 0 Å². The molecule has 0 spiro atoms. The maximum atomic E-state index is 9.56. The molecule has 0 aliphatic heterocycles. The van der Waals surface area contributed by atoms with E-state index in [1.54, 1.807) is 30.4 Å². The highest BCUT2D eigenvalue weighted by atomic mass is 35.5. The minimum atomic E-state index is -0.474. The van der Waals surface area contributed by atoms with Crippen LogP contribution < -0.4 is 0 Å². The molecule has 1 aromatic carbocycles. The lowest BCUT2D eigenvalue weighted by Crippen LogP contribution is -2.16. The Morgan fingerprint density at radius 2 is 2.17 bits per heavy atom. The standard InChI is InChI=1S/C12H9ClN4O/c13-8-5-6-12(18)11(7-8)17-16-10-4-2-1-3-9(10)15-14/h1-7,10,18H. The van der Waals surface area contributed by atoms with Gasteiger partial charge in [0.2, 0.25) is 0 Å². The molecule has 0 saturated heterocycles. The molecule has 6 heteroatoms. The number of halogens is 1. The summed E-state index contributed by atoms with van der Waals surface area (Å²) in [6, 6.07) is 4.02. The van der Waals surface area contributed by atoms with Crippen LogP contribution in [0.4, 0.5) is 5.69 Å². The summed E-state index contributed by atoms with van der Waals surface area (Å²) < 4.78 is 0. The summed E-state index contributed by atoms with van der Waals surface area (Å²) in [5.74, 6) is -0.0130. The third-order valence-corrected chi connectivity index (χ3v) is 2.55. The first kappa shape index (κ1) is 12.2. The number of nitrogens with zero attached hydrogens (tertiary/aromatic N) is 4. The van der Waals surface area contributed by atoms with Gasteiger partial charge < -0.3 is 10.6 Å². The molecule has 1 aliphatic carbocycles. The van der Waals surface area contributed by atoms with Gasteiger partial charge in [-0.25, -0.2) is 0 Å². The zero-order valence-corrected chi connectivity index (χ0v) is 9.99. The van der Waals surface area contributed by atoms with Gasteiger partial charge in [0.25, 0.3) is 0 Å². The summed E-state index contributed by atoms with van der Waals surface area (Å²) >= 11 is 5.79. The minimum Gasteiger partial charge on any atom is -0.506 e. The van der Waals surface area contributed by atoms with Crippen LogP contribution in [0.1, 0.15) is 0 Å². The van der Waals surface area contributed by atoms with Crippen LogP contribution in [-0.4, -0.2) is 21.6 Å². The van der Waals surface area contributed by atoms with Crippen LogP contribution >= 0.6 is 11.6 Å². The van der Waals surface area contributed by atoms with Crippen LogP contribution in [0.2, 0.25) is 5.02 Å². The number of benzene rings is 1. The Kier molecular flexibility index (Phi) is 3.67. The van der Waals surface area contributed by atoms with Crippen molar-refractivity contribution in [3.05, 3.63) is 53.1 Å². The molecule has 0 fully saturated rings. The zero-order chi connectivity index (χ0) is 13.0. The van der Waals surface area contributed by atoms with E-state index < -0.39 is 6.04 Å². The molecule has 0 radical (unpaired) electrons. The Morgan fingerprint density at radius 3 is 2.94 bits per heavy atom. The minimum absolute atomic E-state index is 0.0130. The fourth-order valence-corrected chi connectivity index (χ4v) is 1.58. The van der Waals surface area contributed by atoms with Crippen LogP contribution in [0.15, 0.2) is 52.7 Å². The van der Waals surface area contributed by atoms with Gasteiger partial charge in [0.15, 0.2) is 6.04 Å². The Hall–Kier alpha value is -2.23. The van der Waals surface area contributed by atoms with Crippen molar-refractivity contribution in [1.82, 2.24) is 0 Å². The second kappa shape index (κ2) is 5.40. The smallest absolute Gasteiger partial charge is 0.322 e. The van der Waals surface area contributed by atoms with Gasteiger partial charge in [0.1, 0.15) is 11.4 Å². The Balaban J connectivity index is 2.25. The fourth-order valence-electron chi connectivity index (χ4n) is 1.41. The molecule has 1 unspecified atom stereocenters. The lowest BCUT2D eigenvalue weighted by atomic mass is 10.1. The topological polar surface area (TPSA) is 81.4 Å². The quantitative estimate of drug-likeness (QED) is 0.642. The summed E-state index contributed by atoms with van der Waals surface area (Å²) in [4.78, 5) is 3.12. The maximum absolute atomic E-state index is 9.56. The Morgan fingerprint density at radius 1 is 1.33 bits per heavy atom. The normalized spacial score (nSPS) is 18.3. The van der Waals surface area contributed by atoms with Crippen molar-refractivity contribution >= 4 is 23.0 Å². The highest BCUT2D eigenvalue weighted by Crippen LogP contribution is 2.29. The molecular formula is C12H9ClN4O. The van der Waals surface area contributed by atoms with Crippen molar-refractivity contribution in [1.29, 1.82) is 0 Å². The first-order valence-corrected chi connectivity index (χ1v) is 5.54. The second-order valence-corrected chi connectivity index (χ2v) is 4.00. The van der Waals surface area contributed by atoms with Crippen molar-refractivity contribution in [2.45, 2.75) is 6.04 Å². The van der Waals surface area contributed by atoms with Gasteiger partial charge in [-0.2, -0.15) is 15.0 Å². The number of phenols is 1. The van der Waals surface area contributed by atoms with E-state index >= 15 is 0 Å². The predicted octanol–water partition coefficient (Wildman–Crippen LogP) is 3.29. The third-order valence-electron chi connectivity index (χ3n) is 2.32. The average Bonchev–Trinajstić information content (AvgIpc) is 2.40. The van der Waals surface area contributed by atoms with Gasteiger partial charge in [0.05, 0.1) is 0 Å². The van der Waals surface area contributed by atoms with E-state index in [1.165, 1.54) is 12.1 Å². The number of phenolic OH excluding ortho intramolecular Hbond substituents is 1. The molecule has 5 nitrogen and oxygen atoms in total. The first-order valence-electron chi connectivity index (χ1n) is 5.17. The average molecular weight is 261 g/mol.